The van der Waals surface area contributed by atoms with E-state index in [0.29, 0.717) is 12.5 Å². The van der Waals surface area contributed by atoms with Crippen LogP contribution < -0.4 is 14.8 Å². The molecule has 6 nitrogen and oxygen atoms in total. The molecule has 1 fully saturated rings. The minimum atomic E-state index is -0.143. The summed E-state index contributed by atoms with van der Waals surface area (Å²) in [4.78, 5) is 4.49. The van der Waals surface area contributed by atoms with Crippen LogP contribution in [0.25, 0.3) is 0 Å². The Morgan fingerprint density at radius 2 is 1.84 bits per heavy atom. The number of rotatable bonds is 8. The van der Waals surface area contributed by atoms with Crippen molar-refractivity contribution in [1.82, 2.24) is 15.5 Å². The van der Waals surface area contributed by atoms with E-state index in [4.69, 9.17) is 14.0 Å². The standard InChI is InChI=1S/C19H27N3O3/c1-15-21-18(22-25-15)19(11-4-3-5-12-19)20-13-6-14-24-17-9-7-16(23-2)8-10-17/h7-10,20H,3-6,11-14H2,1-2H3. The largest absolute Gasteiger partial charge is 0.497 e. The lowest BCUT2D eigenvalue weighted by Crippen LogP contribution is -2.45. The Hall–Kier alpha value is -2.08. The van der Waals surface area contributed by atoms with E-state index in [-0.39, 0.29) is 5.54 Å². The van der Waals surface area contributed by atoms with Gasteiger partial charge in [0, 0.05) is 6.92 Å². The van der Waals surface area contributed by atoms with Crippen LogP contribution >= 0.6 is 0 Å². The minimum absolute atomic E-state index is 0.143. The zero-order valence-electron chi connectivity index (χ0n) is 15.1. The lowest BCUT2D eigenvalue weighted by molar-refractivity contribution is 0.205. The van der Waals surface area contributed by atoms with Gasteiger partial charge in [-0.2, -0.15) is 4.98 Å². The van der Waals surface area contributed by atoms with E-state index < -0.39 is 0 Å². The molecule has 0 spiro atoms. The maximum atomic E-state index is 5.79. The predicted octanol–water partition coefficient (Wildman–Crippen LogP) is 3.60. The number of aromatic nitrogens is 2. The molecule has 6 heteroatoms. The fraction of sp³-hybridized carbons (Fsp3) is 0.579. The zero-order chi connectivity index (χ0) is 17.5. The van der Waals surface area contributed by atoms with Gasteiger partial charge in [0.05, 0.1) is 19.3 Å². The molecule has 136 valence electrons. The van der Waals surface area contributed by atoms with Crippen molar-refractivity contribution in [2.45, 2.75) is 51.0 Å². The summed E-state index contributed by atoms with van der Waals surface area (Å²) in [6.45, 7) is 3.38. The fourth-order valence-electron chi connectivity index (χ4n) is 3.39. The number of methoxy groups -OCH3 is 1. The third-order valence-corrected chi connectivity index (χ3v) is 4.78. The van der Waals surface area contributed by atoms with E-state index >= 15 is 0 Å². The first kappa shape index (κ1) is 17.7. The van der Waals surface area contributed by atoms with Crippen LogP contribution in [-0.2, 0) is 5.54 Å². The molecule has 0 bridgehead atoms. The Balaban J connectivity index is 1.48. The van der Waals surface area contributed by atoms with Gasteiger partial charge in [-0.15, -0.1) is 0 Å². The summed E-state index contributed by atoms with van der Waals surface area (Å²) in [5.41, 5.74) is -0.143. The second-order valence-corrected chi connectivity index (χ2v) is 6.58. The molecule has 1 heterocycles. The fourth-order valence-corrected chi connectivity index (χ4v) is 3.39. The molecule has 0 radical (unpaired) electrons. The number of hydrogen-bond donors (Lipinski definition) is 1. The third-order valence-electron chi connectivity index (χ3n) is 4.78. The average molecular weight is 345 g/mol. The van der Waals surface area contributed by atoms with Gasteiger partial charge in [-0.05, 0) is 50.1 Å². The molecule has 0 amide bonds. The van der Waals surface area contributed by atoms with Crippen LogP contribution in [-0.4, -0.2) is 30.4 Å². The number of benzene rings is 1. The molecule has 1 aromatic heterocycles. The Kier molecular flexibility index (Phi) is 5.91. The van der Waals surface area contributed by atoms with Crippen LogP contribution in [0.5, 0.6) is 11.5 Å². The summed E-state index contributed by atoms with van der Waals surface area (Å²) < 4.78 is 16.2. The summed E-state index contributed by atoms with van der Waals surface area (Å²) in [5, 5.41) is 7.87. The van der Waals surface area contributed by atoms with Crippen molar-refractivity contribution in [3.63, 3.8) is 0 Å². The Labute approximate surface area is 148 Å². The molecule has 2 aromatic rings. The molecule has 3 rings (SSSR count). The summed E-state index contributed by atoms with van der Waals surface area (Å²) in [5.74, 6) is 3.14. The lowest BCUT2D eigenvalue weighted by Gasteiger charge is -2.35. The molecule has 0 aliphatic heterocycles. The van der Waals surface area contributed by atoms with Crippen molar-refractivity contribution in [3.05, 3.63) is 36.0 Å². The van der Waals surface area contributed by atoms with E-state index in [0.717, 1.165) is 43.1 Å². The van der Waals surface area contributed by atoms with Crippen LogP contribution in [0.4, 0.5) is 0 Å². The monoisotopic (exact) mass is 345 g/mol. The van der Waals surface area contributed by atoms with E-state index in [1.54, 1.807) is 7.11 Å². The molecule has 0 saturated heterocycles. The van der Waals surface area contributed by atoms with E-state index in [9.17, 15) is 0 Å². The SMILES string of the molecule is COc1ccc(OCCCNC2(c3noc(C)n3)CCCCC2)cc1. The van der Waals surface area contributed by atoms with Crippen LogP contribution in [0.1, 0.15) is 50.2 Å². The maximum absolute atomic E-state index is 5.79. The highest BCUT2D eigenvalue weighted by Crippen LogP contribution is 2.35. The quantitative estimate of drug-likeness (QED) is 0.737. The molecule has 25 heavy (non-hydrogen) atoms. The van der Waals surface area contributed by atoms with Gasteiger partial charge < -0.3 is 19.3 Å². The van der Waals surface area contributed by atoms with Crippen LogP contribution in [0.2, 0.25) is 0 Å². The minimum Gasteiger partial charge on any atom is -0.497 e. The van der Waals surface area contributed by atoms with Gasteiger partial charge in [0.1, 0.15) is 11.5 Å². The zero-order valence-corrected chi connectivity index (χ0v) is 15.1. The molecule has 1 aromatic carbocycles. The summed E-state index contributed by atoms with van der Waals surface area (Å²) in [6, 6.07) is 7.67. The molecular weight excluding hydrogens is 318 g/mol. The van der Waals surface area contributed by atoms with Crippen LogP contribution in [0, 0.1) is 6.92 Å². The highest BCUT2D eigenvalue weighted by Gasteiger charge is 2.37. The molecule has 1 aliphatic carbocycles. The van der Waals surface area contributed by atoms with Gasteiger partial charge in [0.15, 0.2) is 5.82 Å². The highest BCUT2D eigenvalue weighted by molar-refractivity contribution is 5.31. The summed E-state index contributed by atoms with van der Waals surface area (Å²) in [7, 11) is 1.66. The predicted molar refractivity (Wildman–Crippen MR) is 94.9 cm³/mol. The second-order valence-electron chi connectivity index (χ2n) is 6.58. The van der Waals surface area contributed by atoms with Crippen molar-refractivity contribution in [2.75, 3.05) is 20.3 Å². The Bertz CT molecular complexity index is 648. The van der Waals surface area contributed by atoms with Crippen molar-refractivity contribution in [3.8, 4) is 11.5 Å². The molecule has 1 aliphatic rings. The Morgan fingerprint density at radius 3 is 2.48 bits per heavy atom. The lowest BCUT2D eigenvalue weighted by atomic mass is 9.81. The first-order valence-electron chi connectivity index (χ1n) is 9.04. The summed E-state index contributed by atoms with van der Waals surface area (Å²) in [6.07, 6.45) is 6.72. The smallest absolute Gasteiger partial charge is 0.223 e. The van der Waals surface area contributed by atoms with Crippen LogP contribution in [0.15, 0.2) is 28.8 Å². The van der Waals surface area contributed by atoms with E-state index in [1.807, 2.05) is 31.2 Å². The van der Waals surface area contributed by atoms with E-state index in [1.165, 1.54) is 19.3 Å². The average Bonchev–Trinajstić information content (AvgIpc) is 3.10. The van der Waals surface area contributed by atoms with Crippen molar-refractivity contribution in [2.24, 2.45) is 0 Å². The van der Waals surface area contributed by atoms with Crippen LogP contribution in [0.3, 0.4) is 0 Å². The van der Waals surface area contributed by atoms with Gasteiger partial charge in [0.2, 0.25) is 5.89 Å². The maximum Gasteiger partial charge on any atom is 0.223 e. The second kappa shape index (κ2) is 8.34. The topological polar surface area (TPSA) is 69.4 Å². The first-order valence-corrected chi connectivity index (χ1v) is 9.04. The van der Waals surface area contributed by atoms with E-state index in [2.05, 4.69) is 15.5 Å². The normalized spacial score (nSPS) is 16.6. The van der Waals surface area contributed by atoms with Gasteiger partial charge in [0.25, 0.3) is 0 Å². The van der Waals surface area contributed by atoms with Gasteiger partial charge >= 0.3 is 0 Å². The summed E-state index contributed by atoms with van der Waals surface area (Å²) >= 11 is 0. The van der Waals surface area contributed by atoms with Gasteiger partial charge in [-0.3, -0.25) is 0 Å². The number of nitrogens with zero attached hydrogens (tertiary/aromatic N) is 2. The first-order chi connectivity index (χ1) is 12.2. The molecule has 1 saturated carbocycles. The number of nitrogens with one attached hydrogen (secondary N) is 1. The molecule has 0 unspecified atom stereocenters. The van der Waals surface area contributed by atoms with Crippen molar-refractivity contribution >= 4 is 0 Å². The number of aryl methyl sites for hydroxylation is 1. The number of ether oxygens (including phenoxy) is 2. The van der Waals surface area contributed by atoms with Gasteiger partial charge in [-0.25, -0.2) is 0 Å². The molecule has 0 atom stereocenters. The molecule has 1 N–H and O–H groups in total. The van der Waals surface area contributed by atoms with Gasteiger partial charge in [-0.1, -0.05) is 24.4 Å². The molecular formula is C19H27N3O3. The number of hydrogen-bond acceptors (Lipinski definition) is 6. The highest BCUT2D eigenvalue weighted by atomic mass is 16.5. The van der Waals surface area contributed by atoms with Crippen molar-refractivity contribution < 1.29 is 14.0 Å². The Morgan fingerprint density at radius 1 is 1.12 bits per heavy atom. The third kappa shape index (κ3) is 4.51. The van der Waals surface area contributed by atoms with Crippen molar-refractivity contribution in [1.29, 1.82) is 0 Å².